The maximum Gasteiger partial charge on any atom is 0.0660 e. The summed E-state index contributed by atoms with van der Waals surface area (Å²) in [6.45, 7) is 3.05. The Balaban J connectivity index is 2.34. The Hall–Kier alpha value is -1.74. The lowest BCUT2D eigenvalue weighted by atomic mass is 10.1. The summed E-state index contributed by atoms with van der Waals surface area (Å²) in [5.41, 5.74) is 2.31. The smallest absolute Gasteiger partial charge is 0.0660 e. The molecule has 1 aliphatic heterocycles. The Morgan fingerprint density at radius 2 is 1.87 bits per heavy atom. The van der Waals surface area contributed by atoms with Gasteiger partial charge in [0.15, 0.2) is 0 Å². The highest BCUT2D eigenvalue weighted by atomic mass is 15.4. The van der Waals surface area contributed by atoms with Crippen molar-refractivity contribution < 1.29 is 0 Å². The fourth-order valence-corrected chi connectivity index (χ4v) is 1.62. The van der Waals surface area contributed by atoms with Gasteiger partial charge < -0.3 is 4.90 Å². The molecule has 0 bridgehead atoms. The average molecular weight is 201 g/mol. The van der Waals surface area contributed by atoms with Crippen molar-refractivity contribution in [3.05, 3.63) is 54.5 Å². The van der Waals surface area contributed by atoms with E-state index in [1.165, 1.54) is 5.56 Å². The Labute approximate surface area is 90.1 Å². The number of benzene rings is 1. The quantitative estimate of drug-likeness (QED) is 0.742. The fourth-order valence-electron chi connectivity index (χ4n) is 1.62. The molecule has 0 unspecified atom stereocenters. The number of nitrogens with zero attached hydrogens (tertiary/aromatic N) is 2. The zero-order valence-electron chi connectivity index (χ0n) is 8.80. The van der Waals surface area contributed by atoms with Gasteiger partial charge in [-0.1, -0.05) is 30.3 Å². The second-order valence-electron chi connectivity index (χ2n) is 3.41. The summed E-state index contributed by atoms with van der Waals surface area (Å²) in [6, 6.07) is 10.2. The molecule has 0 saturated heterocycles. The topological polar surface area (TPSA) is 32.5 Å². The summed E-state index contributed by atoms with van der Waals surface area (Å²) in [5.74, 6) is 5.72. The maximum atomic E-state index is 5.72. The van der Waals surface area contributed by atoms with Crippen LogP contribution >= 0.6 is 0 Å². The van der Waals surface area contributed by atoms with E-state index in [4.69, 9.17) is 5.84 Å². The van der Waals surface area contributed by atoms with Crippen LogP contribution in [0, 0.1) is 0 Å². The van der Waals surface area contributed by atoms with Crippen molar-refractivity contribution in [2.45, 2.75) is 6.92 Å². The molecule has 3 heteroatoms. The third-order valence-corrected chi connectivity index (χ3v) is 2.41. The summed E-state index contributed by atoms with van der Waals surface area (Å²) < 4.78 is 0. The van der Waals surface area contributed by atoms with Gasteiger partial charge in [0.05, 0.1) is 5.70 Å². The molecule has 0 spiro atoms. The summed E-state index contributed by atoms with van der Waals surface area (Å²) in [6.07, 6.45) is 5.76. The second-order valence-corrected chi connectivity index (χ2v) is 3.41. The molecule has 1 heterocycles. The highest BCUT2D eigenvalue weighted by Crippen LogP contribution is 2.22. The highest BCUT2D eigenvalue weighted by molar-refractivity contribution is 5.65. The second kappa shape index (κ2) is 4.19. The van der Waals surface area contributed by atoms with Crippen LogP contribution in [0.1, 0.15) is 12.5 Å². The third kappa shape index (κ3) is 2.02. The van der Waals surface area contributed by atoms with E-state index in [2.05, 4.69) is 24.0 Å². The first kappa shape index (κ1) is 9.80. The molecule has 0 fully saturated rings. The monoisotopic (exact) mass is 201 g/mol. The zero-order valence-corrected chi connectivity index (χ0v) is 8.80. The van der Waals surface area contributed by atoms with Gasteiger partial charge in [-0.2, -0.15) is 0 Å². The minimum Gasteiger partial charge on any atom is -0.345 e. The Morgan fingerprint density at radius 1 is 1.13 bits per heavy atom. The number of rotatable bonds is 2. The first-order valence-electron chi connectivity index (χ1n) is 5.06. The van der Waals surface area contributed by atoms with Gasteiger partial charge in [-0.15, -0.1) is 0 Å². The predicted octanol–water partition coefficient (Wildman–Crippen LogP) is 1.97. The average Bonchev–Trinajstić information content (AvgIpc) is 2.30. The molecule has 15 heavy (non-hydrogen) atoms. The lowest BCUT2D eigenvalue weighted by molar-refractivity contribution is 0.462. The van der Waals surface area contributed by atoms with Crippen LogP contribution < -0.4 is 5.84 Å². The molecule has 0 atom stereocenters. The largest absolute Gasteiger partial charge is 0.345 e. The van der Waals surface area contributed by atoms with Crippen molar-refractivity contribution in [3.63, 3.8) is 0 Å². The molecule has 3 nitrogen and oxygen atoms in total. The SMILES string of the molecule is CCN1C=CN(N)C=C1c1ccccc1. The van der Waals surface area contributed by atoms with Crippen LogP contribution in [0.5, 0.6) is 0 Å². The molecular formula is C12H15N3. The normalized spacial score (nSPS) is 15.5. The molecule has 2 rings (SSSR count). The van der Waals surface area contributed by atoms with Crippen molar-refractivity contribution in [3.8, 4) is 0 Å². The van der Waals surface area contributed by atoms with Gasteiger partial charge in [-0.05, 0) is 12.5 Å². The first-order chi connectivity index (χ1) is 7.31. The zero-order chi connectivity index (χ0) is 10.7. The first-order valence-corrected chi connectivity index (χ1v) is 5.06. The minimum absolute atomic E-state index is 0.936. The molecule has 0 amide bonds. The molecule has 0 radical (unpaired) electrons. The van der Waals surface area contributed by atoms with Crippen LogP contribution in [-0.4, -0.2) is 16.5 Å². The molecule has 1 aromatic carbocycles. The number of hydrogen-bond acceptors (Lipinski definition) is 3. The summed E-state index contributed by atoms with van der Waals surface area (Å²) in [7, 11) is 0. The summed E-state index contributed by atoms with van der Waals surface area (Å²) >= 11 is 0. The van der Waals surface area contributed by atoms with Gasteiger partial charge >= 0.3 is 0 Å². The Kier molecular flexibility index (Phi) is 2.74. The predicted molar refractivity (Wildman–Crippen MR) is 62.0 cm³/mol. The third-order valence-electron chi connectivity index (χ3n) is 2.41. The lowest BCUT2D eigenvalue weighted by Gasteiger charge is -2.28. The van der Waals surface area contributed by atoms with E-state index in [0.717, 1.165) is 12.2 Å². The van der Waals surface area contributed by atoms with Gasteiger partial charge in [0, 0.05) is 25.1 Å². The van der Waals surface area contributed by atoms with Crippen LogP contribution in [0.15, 0.2) is 48.9 Å². The molecule has 0 aromatic heterocycles. The van der Waals surface area contributed by atoms with E-state index >= 15 is 0 Å². The standard InChI is InChI=1S/C12H15N3/c1-2-14-8-9-15(13)10-12(14)11-6-4-3-5-7-11/h3-10H,2,13H2,1H3. The molecule has 0 saturated carbocycles. The Morgan fingerprint density at radius 3 is 2.53 bits per heavy atom. The van der Waals surface area contributed by atoms with Gasteiger partial charge in [0.1, 0.15) is 0 Å². The minimum atomic E-state index is 0.936. The van der Waals surface area contributed by atoms with Crippen LogP contribution in [0.3, 0.4) is 0 Å². The van der Waals surface area contributed by atoms with Crippen molar-refractivity contribution in [1.82, 2.24) is 9.91 Å². The van der Waals surface area contributed by atoms with Crippen LogP contribution in [0.4, 0.5) is 0 Å². The highest BCUT2D eigenvalue weighted by Gasteiger charge is 2.11. The number of nitrogens with two attached hydrogens (primary N) is 1. The molecule has 1 aromatic rings. The van der Waals surface area contributed by atoms with Gasteiger partial charge in [-0.25, -0.2) is 5.84 Å². The van der Waals surface area contributed by atoms with Crippen molar-refractivity contribution in [1.29, 1.82) is 0 Å². The van der Waals surface area contributed by atoms with Crippen molar-refractivity contribution >= 4 is 5.70 Å². The van der Waals surface area contributed by atoms with E-state index in [0.29, 0.717) is 0 Å². The number of hydrogen-bond donors (Lipinski definition) is 1. The van der Waals surface area contributed by atoms with Crippen LogP contribution in [-0.2, 0) is 0 Å². The van der Waals surface area contributed by atoms with Crippen molar-refractivity contribution in [2.24, 2.45) is 5.84 Å². The summed E-state index contributed by atoms with van der Waals surface area (Å²) in [4.78, 5) is 2.17. The van der Waals surface area contributed by atoms with E-state index in [9.17, 15) is 0 Å². The van der Waals surface area contributed by atoms with Crippen molar-refractivity contribution in [2.75, 3.05) is 6.54 Å². The van der Waals surface area contributed by atoms with Gasteiger partial charge in [0.2, 0.25) is 0 Å². The van der Waals surface area contributed by atoms with E-state index < -0.39 is 0 Å². The van der Waals surface area contributed by atoms with Gasteiger partial charge in [-0.3, -0.25) is 5.01 Å². The Bertz CT molecular complexity index is 381. The lowest BCUT2D eigenvalue weighted by Crippen LogP contribution is -2.28. The number of hydrazine groups is 1. The van der Waals surface area contributed by atoms with Crippen LogP contribution in [0.25, 0.3) is 5.70 Å². The molecule has 1 aliphatic rings. The fraction of sp³-hybridized carbons (Fsp3) is 0.167. The molecule has 78 valence electrons. The molecule has 2 N–H and O–H groups in total. The van der Waals surface area contributed by atoms with E-state index in [1.807, 2.05) is 36.8 Å². The summed E-state index contributed by atoms with van der Waals surface area (Å²) in [5, 5.41) is 1.58. The van der Waals surface area contributed by atoms with E-state index in [1.54, 1.807) is 5.01 Å². The molecule has 0 aliphatic carbocycles. The maximum absolute atomic E-state index is 5.72. The van der Waals surface area contributed by atoms with Crippen LogP contribution in [0.2, 0.25) is 0 Å². The van der Waals surface area contributed by atoms with Gasteiger partial charge in [0.25, 0.3) is 0 Å². The van der Waals surface area contributed by atoms with E-state index in [-0.39, 0.29) is 0 Å². The molecular weight excluding hydrogens is 186 g/mol.